The van der Waals surface area contributed by atoms with Crippen LogP contribution < -0.4 is 0 Å². The van der Waals surface area contributed by atoms with Crippen LogP contribution in [0.3, 0.4) is 0 Å². The molecule has 1 nitrogen and oxygen atoms in total. The SMILES string of the molecule is Cc1ccc(-c2nc(Br)sc2C)cc1C. The molecule has 15 heavy (non-hydrogen) atoms. The van der Waals surface area contributed by atoms with Crippen LogP contribution in [0.15, 0.2) is 22.1 Å². The van der Waals surface area contributed by atoms with Gasteiger partial charge in [0.05, 0.1) is 5.69 Å². The molecule has 0 saturated carbocycles. The summed E-state index contributed by atoms with van der Waals surface area (Å²) in [5.74, 6) is 0. The Labute approximate surface area is 102 Å². The molecule has 0 fully saturated rings. The number of aryl methyl sites for hydroxylation is 3. The summed E-state index contributed by atoms with van der Waals surface area (Å²) in [6.45, 7) is 6.37. The first-order valence-corrected chi connectivity index (χ1v) is 6.39. The van der Waals surface area contributed by atoms with E-state index in [0.29, 0.717) is 0 Å². The lowest BCUT2D eigenvalue weighted by Gasteiger charge is -2.03. The summed E-state index contributed by atoms with van der Waals surface area (Å²) in [5.41, 5.74) is 4.94. The third kappa shape index (κ3) is 2.13. The van der Waals surface area contributed by atoms with Crippen molar-refractivity contribution < 1.29 is 0 Å². The van der Waals surface area contributed by atoms with E-state index in [-0.39, 0.29) is 0 Å². The topological polar surface area (TPSA) is 12.9 Å². The number of hydrogen-bond donors (Lipinski definition) is 0. The molecule has 1 aromatic carbocycles. The van der Waals surface area contributed by atoms with Crippen molar-refractivity contribution in [1.82, 2.24) is 4.98 Å². The Morgan fingerprint density at radius 1 is 1.13 bits per heavy atom. The van der Waals surface area contributed by atoms with Crippen molar-refractivity contribution in [3.8, 4) is 11.3 Å². The molecule has 0 bridgehead atoms. The fraction of sp³-hybridized carbons (Fsp3) is 0.250. The summed E-state index contributed by atoms with van der Waals surface area (Å²) in [5, 5.41) is 0. The van der Waals surface area contributed by atoms with Gasteiger partial charge in [-0.05, 0) is 53.9 Å². The Bertz CT molecular complexity index is 502. The predicted molar refractivity (Wildman–Crippen MR) is 69.5 cm³/mol. The molecule has 0 amide bonds. The van der Waals surface area contributed by atoms with Crippen molar-refractivity contribution in [2.24, 2.45) is 0 Å². The number of nitrogens with zero attached hydrogens (tertiary/aromatic N) is 1. The molecule has 0 N–H and O–H groups in total. The molecule has 2 rings (SSSR count). The van der Waals surface area contributed by atoms with Crippen LogP contribution in [0.5, 0.6) is 0 Å². The Morgan fingerprint density at radius 3 is 2.40 bits per heavy atom. The van der Waals surface area contributed by atoms with E-state index >= 15 is 0 Å². The van der Waals surface area contributed by atoms with Crippen molar-refractivity contribution >= 4 is 27.3 Å². The van der Waals surface area contributed by atoms with Gasteiger partial charge in [-0.15, -0.1) is 11.3 Å². The maximum Gasteiger partial charge on any atom is 0.160 e. The van der Waals surface area contributed by atoms with Gasteiger partial charge in [-0.1, -0.05) is 12.1 Å². The quantitative estimate of drug-likeness (QED) is 0.750. The molecule has 1 heterocycles. The highest BCUT2D eigenvalue weighted by Gasteiger charge is 2.08. The van der Waals surface area contributed by atoms with Crippen LogP contribution in [0.2, 0.25) is 0 Å². The van der Waals surface area contributed by atoms with Gasteiger partial charge in [-0.3, -0.25) is 0 Å². The number of thiazole rings is 1. The lowest BCUT2D eigenvalue weighted by Crippen LogP contribution is -1.85. The second-order valence-electron chi connectivity index (χ2n) is 3.67. The van der Waals surface area contributed by atoms with Crippen molar-refractivity contribution in [3.63, 3.8) is 0 Å². The lowest BCUT2D eigenvalue weighted by atomic mass is 10.0. The molecular weight excluding hydrogens is 270 g/mol. The molecule has 0 atom stereocenters. The molecule has 0 aliphatic heterocycles. The van der Waals surface area contributed by atoms with E-state index in [4.69, 9.17) is 0 Å². The summed E-state index contributed by atoms with van der Waals surface area (Å²) in [7, 11) is 0. The summed E-state index contributed by atoms with van der Waals surface area (Å²) >= 11 is 5.10. The zero-order valence-corrected chi connectivity index (χ0v) is 11.4. The van der Waals surface area contributed by atoms with Gasteiger partial charge in [0.1, 0.15) is 0 Å². The maximum absolute atomic E-state index is 4.49. The minimum absolute atomic E-state index is 0.952. The van der Waals surface area contributed by atoms with Gasteiger partial charge in [0.25, 0.3) is 0 Å². The molecule has 0 aliphatic carbocycles. The van der Waals surface area contributed by atoms with Crippen molar-refractivity contribution in [3.05, 3.63) is 38.1 Å². The van der Waals surface area contributed by atoms with Gasteiger partial charge in [0, 0.05) is 10.4 Å². The van der Waals surface area contributed by atoms with E-state index < -0.39 is 0 Å². The molecule has 2 aromatic rings. The average molecular weight is 282 g/mol. The largest absolute Gasteiger partial charge is 0.229 e. The van der Waals surface area contributed by atoms with Gasteiger partial charge in [-0.2, -0.15) is 0 Å². The summed E-state index contributed by atoms with van der Waals surface area (Å²) in [4.78, 5) is 5.74. The Morgan fingerprint density at radius 2 is 1.87 bits per heavy atom. The van der Waals surface area contributed by atoms with E-state index in [1.54, 1.807) is 11.3 Å². The number of halogens is 1. The predicted octanol–water partition coefficient (Wildman–Crippen LogP) is 4.50. The molecule has 3 heteroatoms. The lowest BCUT2D eigenvalue weighted by molar-refractivity contribution is 1.30. The van der Waals surface area contributed by atoms with E-state index in [1.807, 2.05) is 0 Å². The van der Waals surface area contributed by atoms with Crippen LogP contribution in [0.1, 0.15) is 16.0 Å². The highest BCUT2D eigenvalue weighted by molar-refractivity contribution is 9.11. The Hall–Kier alpha value is -0.670. The normalized spacial score (nSPS) is 10.7. The average Bonchev–Trinajstić information content (AvgIpc) is 2.50. The molecule has 0 saturated heterocycles. The molecule has 0 unspecified atom stereocenters. The van der Waals surface area contributed by atoms with Crippen LogP contribution in [-0.4, -0.2) is 4.98 Å². The van der Waals surface area contributed by atoms with Crippen molar-refractivity contribution in [2.45, 2.75) is 20.8 Å². The Kier molecular flexibility index (Phi) is 2.94. The third-order valence-electron chi connectivity index (χ3n) is 2.55. The fourth-order valence-electron chi connectivity index (χ4n) is 1.52. The zero-order valence-electron chi connectivity index (χ0n) is 8.97. The summed E-state index contributed by atoms with van der Waals surface area (Å²) in [6.07, 6.45) is 0. The first-order valence-electron chi connectivity index (χ1n) is 4.78. The Balaban J connectivity index is 2.54. The first-order chi connectivity index (χ1) is 7.08. The molecule has 0 spiro atoms. The third-order valence-corrected chi connectivity index (χ3v) is 3.97. The second kappa shape index (κ2) is 4.06. The van der Waals surface area contributed by atoms with Gasteiger partial charge >= 0.3 is 0 Å². The van der Waals surface area contributed by atoms with Crippen LogP contribution in [-0.2, 0) is 0 Å². The van der Waals surface area contributed by atoms with Crippen molar-refractivity contribution in [1.29, 1.82) is 0 Å². The minimum atomic E-state index is 0.952. The van der Waals surface area contributed by atoms with Crippen LogP contribution in [0.25, 0.3) is 11.3 Å². The standard InChI is InChI=1S/C12H12BrNS/c1-7-4-5-10(6-8(7)2)11-9(3)15-12(13)14-11/h4-6H,1-3H3. The maximum atomic E-state index is 4.49. The fourth-order valence-corrected chi connectivity index (χ4v) is 3.08. The number of benzene rings is 1. The summed E-state index contributed by atoms with van der Waals surface area (Å²) in [6, 6.07) is 6.48. The zero-order chi connectivity index (χ0) is 11.0. The molecule has 1 aromatic heterocycles. The molecule has 0 radical (unpaired) electrons. The first kappa shape index (κ1) is 10.8. The van der Waals surface area contributed by atoms with E-state index in [0.717, 1.165) is 9.61 Å². The highest BCUT2D eigenvalue weighted by atomic mass is 79.9. The second-order valence-corrected chi connectivity index (χ2v) is 6.15. The van der Waals surface area contributed by atoms with Gasteiger partial charge in [0.2, 0.25) is 0 Å². The number of aromatic nitrogens is 1. The smallest absolute Gasteiger partial charge is 0.160 e. The number of rotatable bonds is 1. The highest BCUT2D eigenvalue weighted by Crippen LogP contribution is 2.31. The van der Waals surface area contributed by atoms with Crippen LogP contribution in [0.4, 0.5) is 0 Å². The van der Waals surface area contributed by atoms with Crippen LogP contribution >= 0.6 is 27.3 Å². The van der Waals surface area contributed by atoms with Gasteiger partial charge in [0.15, 0.2) is 3.92 Å². The summed E-state index contributed by atoms with van der Waals surface area (Å²) < 4.78 is 0.952. The van der Waals surface area contributed by atoms with E-state index in [9.17, 15) is 0 Å². The van der Waals surface area contributed by atoms with Crippen LogP contribution in [0, 0.1) is 20.8 Å². The molecule has 0 aliphatic rings. The van der Waals surface area contributed by atoms with Gasteiger partial charge < -0.3 is 0 Å². The van der Waals surface area contributed by atoms with Gasteiger partial charge in [-0.25, -0.2) is 4.98 Å². The minimum Gasteiger partial charge on any atom is -0.229 e. The molecular formula is C12H12BrNS. The van der Waals surface area contributed by atoms with E-state index in [1.165, 1.54) is 21.6 Å². The van der Waals surface area contributed by atoms with Crippen molar-refractivity contribution in [2.75, 3.05) is 0 Å². The van der Waals surface area contributed by atoms with E-state index in [2.05, 4.69) is 59.9 Å². The molecule has 78 valence electrons. The monoisotopic (exact) mass is 281 g/mol. The number of hydrogen-bond acceptors (Lipinski definition) is 2.